The highest BCUT2D eigenvalue weighted by Gasteiger charge is 2.39. The maximum absolute atomic E-state index is 5.66. The number of nitrogens with one attached hydrogen (secondary N) is 2. The molecule has 2 unspecified atom stereocenters. The number of guanidine groups is 1. The first kappa shape index (κ1) is 22.4. The summed E-state index contributed by atoms with van der Waals surface area (Å²) in [4.78, 5) is 6.94. The van der Waals surface area contributed by atoms with Crippen molar-refractivity contribution in [3.8, 4) is 0 Å². The lowest BCUT2D eigenvalue weighted by Crippen LogP contribution is -2.49. The van der Waals surface area contributed by atoms with E-state index >= 15 is 0 Å². The number of hydrogen-bond donors (Lipinski definition) is 2. The van der Waals surface area contributed by atoms with Gasteiger partial charge in [-0.2, -0.15) is 0 Å². The summed E-state index contributed by atoms with van der Waals surface area (Å²) in [5, 5.41) is 7.22. The summed E-state index contributed by atoms with van der Waals surface area (Å²) < 4.78 is 5.66. The number of rotatable bonds is 7. The molecule has 6 heteroatoms. The number of halogens is 1. The molecular weight excluding hydrogens is 451 g/mol. The molecule has 1 aliphatic carbocycles. The molecule has 0 amide bonds. The maximum Gasteiger partial charge on any atom is 0.191 e. The lowest BCUT2D eigenvalue weighted by Gasteiger charge is -2.33. The molecule has 2 aliphatic rings. The lowest BCUT2D eigenvalue weighted by atomic mass is 10.1. The molecule has 3 rings (SSSR count). The van der Waals surface area contributed by atoms with E-state index in [1.54, 1.807) is 0 Å². The minimum Gasteiger partial charge on any atom is -0.377 e. The van der Waals surface area contributed by atoms with Crippen molar-refractivity contribution in [1.29, 1.82) is 0 Å². The molecule has 152 valence electrons. The van der Waals surface area contributed by atoms with Crippen LogP contribution in [0.15, 0.2) is 35.3 Å². The van der Waals surface area contributed by atoms with Crippen LogP contribution < -0.4 is 10.6 Å². The van der Waals surface area contributed by atoms with Gasteiger partial charge in [-0.3, -0.25) is 4.99 Å². The lowest BCUT2D eigenvalue weighted by molar-refractivity contribution is 0.0532. The van der Waals surface area contributed by atoms with E-state index in [4.69, 9.17) is 4.74 Å². The summed E-state index contributed by atoms with van der Waals surface area (Å²) >= 11 is 0. The number of benzene rings is 1. The highest BCUT2D eigenvalue weighted by molar-refractivity contribution is 14.0. The Bertz CT molecular complexity index is 573. The highest BCUT2D eigenvalue weighted by atomic mass is 127. The Balaban J connectivity index is 0.00000261. The summed E-state index contributed by atoms with van der Waals surface area (Å²) in [7, 11) is 1.87. The van der Waals surface area contributed by atoms with Gasteiger partial charge in [0.05, 0.1) is 12.7 Å². The molecule has 2 atom stereocenters. The van der Waals surface area contributed by atoms with Gasteiger partial charge < -0.3 is 20.3 Å². The van der Waals surface area contributed by atoms with Gasteiger partial charge in [-0.15, -0.1) is 24.0 Å². The molecule has 2 N–H and O–H groups in total. The van der Waals surface area contributed by atoms with Crippen LogP contribution in [0, 0.1) is 0 Å². The van der Waals surface area contributed by atoms with Crippen LogP contribution in [0.3, 0.4) is 0 Å². The molecule has 1 aliphatic heterocycles. The number of aliphatic imine (C=N–C) groups is 1. The van der Waals surface area contributed by atoms with Gasteiger partial charge in [-0.05, 0) is 38.7 Å². The third kappa shape index (κ3) is 7.23. The fourth-order valence-corrected chi connectivity index (χ4v) is 3.68. The summed E-state index contributed by atoms with van der Waals surface area (Å²) in [6.45, 7) is 8.33. The van der Waals surface area contributed by atoms with E-state index in [2.05, 4.69) is 64.7 Å². The summed E-state index contributed by atoms with van der Waals surface area (Å²) in [6.07, 6.45) is 3.84. The molecule has 0 spiro atoms. The van der Waals surface area contributed by atoms with E-state index in [1.807, 2.05) is 7.05 Å². The van der Waals surface area contributed by atoms with Crippen LogP contribution in [0.25, 0.3) is 0 Å². The van der Waals surface area contributed by atoms with Crippen molar-refractivity contribution in [1.82, 2.24) is 15.5 Å². The van der Waals surface area contributed by atoms with Crippen molar-refractivity contribution in [2.24, 2.45) is 4.99 Å². The van der Waals surface area contributed by atoms with E-state index in [0.717, 1.165) is 45.0 Å². The van der Waals surface area contributed by atoms with Crippen LogP contribution in [-0.2, 0) is 4.74 Å². The number of nitrogens with zero attached hydrogens (tertiary/aromatic N) is 2. The Morgan fingerprint density at radius 2 is 1.89 bits per heavy atom. The standard InChI is InChI=1S/C21H34N4O.HI/c1-16(2)26-14-13-25-11-9-18(10-12-25)23-21(22-3)24-20-15-19(20)17-7-5-4-6-8-17;/h4-8,16,18-20H,9-15H2,1-3H3,(H2,22,23,24);1H. The molecular formula is C21H35IN4O. The summed E-state index contributed by atoms with van der Waals surface area (Å²) in [6, 6.07) is 11.8. The quantitative estimate of drug-likeness (QED) is 0.353. The SMILES string of the molecule is CN=C(NC1CCN(CCOC(C)C)CC1)NC1CC1c1ccccc1.I. The van der Waals surface area contributed by atoms with Gasteiger partial charge >= 0.3 is 0 Å². The Labute approximate surface area is 181 Å². The van der Waals surface area contributed by atoms with E-state index in [0.29, 0.717) is 24.1 Å². The van der Waals surface area contributed by atoms with Gasteiger partial charge in [0.25, 0.3) is 0 Å². The molecule has 1 aromatic rings. The average Bonchev–Trinajstić information content (AvgIpc) is 3.42. The zero-order valence-corrected chi connectivity index (χ0v) is 19.2. The first-order valence-corrected chi connectivity index (χ1v) is 10.0. The maximum atomic E-state index is 5.66. The summed E-state index contributed by atoms with van der Waals surface area (Å²) in [5.41, 5.74) is 1.43. The zero-order valence-electron chi connectivity index (χ0n) is 16.9. The molecule has 2 fully saturated rings. The van der Waals surface area contributed by atoms with Crippen molar-refractivity contribution >= 4 is 29.9 Å². The van der Waals surface area contributed by atoms with Crippen LogP contribution in [-0.4, -0.2) is 62.3 Å². The van der Waals surface area contributed by atoms with Crippen LogP contribution in [0.1, 0.15) is 44.6 Å². The largest absolute Gasteiger partial charge is 0.377 e. The number of ether oxygens (including phenoxy) is 1. The first-order chi connectivity index (χ1) is 12.7. The topological polar surface area (TPSA) is 48.9 Å². The smallest absolute Gasteiger partial charge is 0.191 e. The Morgan fingerprint density at radius 3 is 2.52 bits per heavy atom. The Kier molecular flexibility index (Phi) is 9.32. The third-order valence-electron chi connectivity index (χ3n) is 5.35. The van der Waals surface area contributed by atoms with E-state index in [1.165, 1.54) is 12.0 Å². The average molecular weight is 486 g/mol. The highest BCUT2D eigenvalue weighted by Crippen LogP contribution is 2.40. The van der Waals surface area contributed by atoms with Crippen molar-refractivity contribution in [2.45, 2.75) is 57.2 Å². The molecule has 27 heavy (non-hydrogen) atoms. The second kappa shape index (κ2) is 11.2. The predicted molar refractivity (Wildman–Crippen MR) is 123 cm³/mol. The summed E-state index contributed by atoms with van der Waals surface area (Å²) in [5.74, 6) is 1.58. The molecule has 0 radical (unpaired) electrons. The third-order valence-corrected chi connectivity index (χ3v) is 5.35. The monoisotopic (exact) mass is 486 g/mol. The van der Waals surface area contributed by atoms with E-state index in [-0.39, 0.29) is 24.0 Å². The second-order valence-corrected chi connectivity index (χ2v) is 7.76. The fraction of sp³-hybridized carbons (Fsp3) is 0.667. The molecule has 0 bridgehead atoms. The van der Waals surface area contributed by atoms with Crippen LogP contribution in [0.4, 0.5) is 0 Å². The minimum atomic E-state index is 0. The van der Waals surface area contributed by atoms with E-state index < -0.39 is 0 Å². The molecule has 1 saturated heterocycles. The van der Waals surface area contributed by atoms with Crippen LogP contribution in [0.5, 0.6) is 0 Å². The van der Waals surface area contributed by atoms with Crippen LogP contribution >= 0.6 is 24.0 Å². The molecule has 1 aromatic carbocycles. The predicted octanol–water partition coefficient (Wildman–Crippen LogP) is 3.21. The van der Waals surface area contributed by atoms with Gasteiger partial charge in [-0.1, -0.05) is 30.3 Å². The van der Waals surface area contributed by atoms with Crippen molar-refractivity contribution < 1.29 is 4.74 Å². The molecule has 0 aromatic heterocycles. The zero-order chi connectivity index (χ0) is 18.4. The van der Waals surface area contributed by atoms with Gasteiger partial charge in [-0.25, -0.2) is 0 Å². The van der Waals surface area contributed by atoms with Gasteiger partial charge in [0.1, 0.15) is 0 Å². The Hall–Kier alpha value is -0.860. The van der Waals surface area contributed by atoms with Crippen molar-refractivity contribution in [3.63, 3.8) is 0 Å². The molecule has 1 saturated carbocycles. The van der Waals surface area contributed by atoms with Crippen LogP contribution in [0.2, 0.25) is 0 Å². The van der Waals surface area contributed by atoms with Gasteiger partial charge in [0.2, 0.25) is 0 Å². The second-order valence-electron chi connectivity index (χ2n) is 7.76. The van der Waals surface area contributed by atoms with Gasteiger partial charge in [0, 0.05) is 44.7 Å². The normalized spacial score (nSPS) is 23.8. The van der Waals surface area contributed by atoms with E-state index in [9.17, 15) is 0 Å². The molecule has 5 nitrogen and oxygen atoms in total. The van der Waals surface area contributed by atoms with Crippen molar-refractivity contribution in [2.75, 3.05) is 33.3 Å². The fourth-order valence-electron chi connectivity index (χ4n) is 3.68. The number of piperidine rings is 1. The van der Waals surface area contributed by atoms with Gasteiger partial charge in [0.15, 0.2) is 5.96 Å². The minimum absolute atomic E-state index is 0. The van der Waals surface area contributed by atoms with Crippen molar-refractivity contribution in [3.05, 3.63) is 35.9 Å². The first-order valence-electron chi connectivity index (χ1n) is 10.0. The molecule has 1 heterocycles. The number of likely N-dealkylation sites (tertiary alicyclic amines) is 1. The Morgan fingerprint density at radius 1 is 1.19 bits per heavy atom. The number of hydrogen-bond acceptors (Lipinski definition) is 3.